The van der Waals surface area contributed by atoms with E-state index in [9.17, 15) is 4.79 Å². The van der Waals surface area contributed by atoms with E-state index in [4.69, 9.17) is 5.11 Å². The molecule has 0 saturated heterocycles. The molecule has 0 heterocycles. The van der Waals surface area contributed by atoms with Crippen molar-refractivity contribution in [2.75, 3.05) is 19.7 Å². The minimum absolute atomic E-state index is 0.0496. The van der Waals surface area contributed by atoms with Gasteiger partial charge in [-0.1, -0.05) is 6.42 Å². The third-order valence-electron chi connectivity index (χ3n) is 3.19. The van der Waals surface area contributed by atoms with Gasteiger partial charge in [0.1, 0.15) is 0 Å². The van der Waals surface area contributed by atoms with Gasteiger partial charge in [0, 0.05) is 12.6 Å². The fourth-order valence-corrected chi connectivity index (χ4v) is 2.37. The van der Waals surface area contributed by atoms with Crippen molar-refractivity contribution in [2.24, 2.45) is 11.8 Å². The fraction of sp³-hybridized carbons (Fsp3) is 0.917. The van der Waals surface area contributed by atoms with Crippen LogP contribution in [-0.4, -0.2) is 36.8 Å². The quantitative estimate of drug-likeness (QED) is 0.621. The lowest BCUT2D eigenvalue weighted by atomic mass is 9.97. The van der Waals surface area contributed by atoms with Crippen molar-refractivity contribution in [2.45, 2.75) is 39.2 Å². The molecule has 1 fully saturated rings. The normalized spacial score (nSPS) is 25.0. The smallest absolute Gasteiger partial charge is 0.234 e. The molecule has 16 heavy (non-hydrogen) atoms. The molecule has 1 amide bonds. The second-order valence-electron chi connectivity index (χ2n) is 4.99. The average Bonchev–Trinajstić information content (AvgIpc) is 2.64. The van der Waals surface area contributed by atoms with Crippen LogP contribution in [0, 0.1) is 11.8 Å². The van der Waals surface area contributed by atoms with Gasteiger partial charge in [-0.25, -0.2) is 0 Å². The van der Waals surface area contributed by atoms with E-state index in [2.05, 4.69) is 10.6 Å². The Bertz CT molecular complexity index is 219. The third kappa shape index (κ3) is 4.49. The molecule has 3 N–H and O–H groups in total. The number of rotatable bonds is 6. The molecule has 0 aliphatic heterocycles. The standard InChI is InChI=1S/C12H24N2O2/c1-9(2)14-12(16)7-13-6-10-4-3-5-11(10)8-15/h9-11,13,15H,3-8H2,1-2H3,(H,14,16). The number of amides is 1. The third-order valence-corrected chi connectivity index (χ3v) is 3.19. The van der Waals surface area contributed by atoms with E-state index >= 15 is 0 Å². The summed E-state index contributed by atoms with van der Waals surface area (Å²) in [6, 6.07) is 0.200. The molecular formula is C12H24N2O2. The number of nitrogens with one attached hydrogen (secondary N) is 2. The number of hydrogen-bond donors (Lipinski definition) is 3. The maximum Gasteiger partial charge on any atom is 0.234 e. The highest BCUT2D eigenvalue weighted by atomic mass is 16.3. The molecule has 2 atom stereocenters. The van der Waals surface area contributed by atoms with Crippen molar-refractivity contribution in [3.8, 4) is 0 Å². The van der Waals surface area contributed by atoms with Gasteiger partial charge >= 0.3 is 0 Å². The molecule has 0 spiro atoms. The molecule has 1 aliphatic rings. The maximum absolute atomic E-state index is 11.4. The molecule has 4 heteroatoms. The Morgan fingerprint density at radius 2 is 2.06 bits per heavy atom. The van der Waals surface area contributed by atoms with Gasteiger partial charge in [0.2, 0.25) is 5.91 Å². The van der Waals surface area contributed by atoms with Crippen LogP contribution in [0.25, 0.3) is 0 Å². The molecular weight excluding hydrogens is 204 g/mol. The molecule has 0 bridgehead atoms. The first-order valence-electron chi connectivity index (χ1n) is 6.24. The number of carbonyl (C=O) groups is 1. The molecule has 1 aliphatic carbocycles. The molecule has 2 unspecified atom stereocenters. The van der Waals surface area contributed by atoms with E-state index in [1.165, 1.54) is 12.8 Å². The summed E-state index contributed by atoms with van der Waals surface area (Å²) in [7, 11) is 0. The zero-order valence-corrected chi connectivity index (χ0v) is 10.3. The van der Waals surface area contributed by atoms with E-state index in [1.807, 2.05) is 13.8 Å². The number of carbonyl (C=O) groups excluding carboxylic acids is 1. The van der Waals surface area contributed by atoms with Crippen LogP contribution in [0.3, 0.4) is 0 Å². The van der Waals surface area contributed by atoms with E-state index in [-0.39, 0.29) is 18.6 Å². The highest BCUT2D eigenvalue weighted by molar-refractivity contribution is 5.78. The fourth-order valence-electron chi connectivity index (χ4n) is 2.37. The Morgan fingerprint density at radius 3 is 2.69 bits per heavy atom. The molecule has 0 aromatic heterocycles. The van der Waals surface area contributed by atoms with Crippen molar-refractivity contribution in [1.82, 2.24) is 10.6 Å². The summed E-state index contributed by atoms with van der Waals surface area (Å²) < 4.78 is 0. The summed E-state index contributed by atoms with van der Waals surface area (Å²) >= 11 is 0. The lowest BCUT2D eigenvalue weighted by Gasteiger charge is -2.18. The van der Waals surface area contributed by atoms with Gasteiger partial charge in [-0.3, -0.25) is 4.79 Å². The number of aliphatic hydroxyl groups is 1. The molecule has 0 aromatic carbocycles. The SMILES string of the molecule is CC(C)NC(=O)CNCC1CCCC1CO. The number of hydrogen-bond acceptors (Lipinski definition) is 3. The molecule has 94 valence electrons. The second kappa shape index (κ2) is 6.86. The lowest BCUT2D eigenvalue weighted by Crippen LogP contribution is -2.39. The molecule has 0 radical (unpaired) electrons. The molecule has 1 rings (SSSR count). The van der Waals surface area contributed by atoms with Crippen LogP contribution in [-0.2, 0) is 4.79 Å². The molecule has 1 saturated carbocycles. The van der Waals surface area contributed by atoms with Crippen LogP contribution < -0.4 is 10.6 Å². The second-order valence-corrected chi connectivity index (χ2v) is 4.99. The van der Waals surface area contributed by atoms with Gasteiger partial charge in [-0.15, -0.1) is 0 Å². The van der Waals surface area contributed by atoms with Crippen molar-refractivity contribution < 1.29 is 9.90 Å². The van der Waals surface area contributed by atoms with E-state index < -0.39 is 0 Å². The highest BCUT2D eigenvalue weighted by Gasteiger charge is 2.26. The summed E-state index contributed by atoms with van der Waals surface area (Å²) in [6.07, 6.45) is 3.50. The first-order valence-corrected chi connectivity index (χ1v) is 6.24. The Hall–Kier alpha value is -0.610. The Morgan fingerprint density at radius 1 is 1.38 bits per heavy atom. The minimum atomic E-state index is 0.0496. The maximum atomic E-state index is 11.4. The van der Waals surface area contributed by atoms with Crippen molar-refractivity contribution in [1.29, 1.82) is 0 Å². The van der Waals surface area contributed by atoms with Crippen molar-refractivity contribution in [3.05, 3.63) is 0 Å². The van der Waals surface area contributed by atoms with Crippen LogP contribution >= 0.6 is 0 Å². The van der Waals surface area contributed by atoms with Crippen LogP contribution in [0.4, 0.5) is 0 Å². The van der Waals surface area contributed by atoms with Crippen molar-refractivity contribution >= 4 is 5.91 Å². The molecule has 4 nitrogen and oxygen atoms in total. The summed E-state index contributed by atoms with van der Waals surface area (Å²) in [4.78, 5) is 11.4. The monoisotopic (exact) mass is 228 g/mol. The predicted molar refractivity (Wildman–Crippen MR) is 64.1 cm³/mol. The van der Waals surface area contributed by atoms with Gasteiger partial charge in [-0.2, -0.15) is 0 Å². The van der Waals surface area contributed by atoms with E-state index in [0.717, 1.165) is 13.0 Å². The average molecular weight is 228 g/mol. The van der Waals surface area contributed by atoms with Crippen LogP contribution in [0.15, 0.2) is 0 Å². The first kappa shape index (κ1) is 13.5. The van der Waals surface area contributed by atoms with Crippen LogP contribution in [0.2, 0.25) is 0 Å². The summed E-state index contributed by atoms with van der Waals surface area (Å²) in [5.74, 6) is 1.02. The van der Waals surface area contributed by atoms with E-state index in [1.54, 1.807) is 0 Å². The summed E-state index contributed by atoms with van der Waals surface area (Å²) in [5.41, 5.74) is 0. The van der Waals surface area contributed by atoms with Gasteiger partial charge in [0.15, 0.2) is 0 Å². The lowest BCUT2D eigenvalue weighted by molar-refractivity contribution is -0.120. The summed E-state index contributed by atoms with van der Waals surface area (Å²) in [6.45, 7) is 5.42. The van der Waals surface area contributed by atoms with E-state index in [0.29, 0.717) is 18.4 Å². The highest BCUT2D eigenvalue weighted by Crippen LogP contribution is 2.30. The zero-order valence-electron chi connectivity index (χ0n) is 10.3. The number of aliphatic hydroxyl groups excluding tert-OH is 1. The van der Waals surface area contributed by atoms with Crippen LogP contribution in [0.1, 0.15) is 33.1 Å². The summed E-state index contributed by atoms with van der Waals surface area (Å²) in [5, 5.41) is 15.2. The minimum Gasteiger partial charge on any atom is -0.396 e. The Kier molecular flexibility index (Phi) is 5.77. The first-order chi connectivity index (χ1) is 7.63. The van der Waals surface area contributed by atoms with Crippen LogP contribution in [0.5, 0.6) is 0 Å². The van der Waals surface area contributed by atoms with Gasteiger partial charge in [0.25, 0.3) is 0 Å². The van der Waals surface area contributed by atoms with Gasteiger partial charge in [-0.05, 0) is 45.1 Å². The predicted octanol–water partition coefficient (Wildman–Crippen LogP) is 0.509. The Labute approximate surface area is 97.8 Å². The van der Waals surface area contributed by atoms with Crippen molar-refractivity contribution in [3.63, 3.8) is 0 Å². The largest absolute Gasteiger partial charge is 0.396 e. The zero-order chi connectivity index (χ0) is 12.0. The molecule has 0 aromatic rings. The van der Waals surface area contributed by atoms with Gasteiger partial charge in [0.05, 0.1) is 6.54 Å². The topological polar surface area (TPSA) is 61.4 Å². The Balaban J connectivity index is 2.12. The van der Waals surface area contributed by atoms with Gasteiger partial charge < -0.3 is 15.7 Å².